The summed E-state index contributed by atoms with van der Waals surface area (Å²) in [4.78, 5) is 0. The predicted octanol–water partition coefficient (Wildman–Crippen LogP) is 2.44. The van der Waals surface area contributed by atoms with Crippen molar-refractivity contribution in [3.63, 3.8) is 0 Å². The Morgan fingerprint density at radius 1 is 1.36 bits per heavy atom. The molecule has 1 aromatic carbocycles. The van der Waals surface area contributed by atoms with Crippen LogP contribution >= 0.6 is 11.6 Å². The van der Waals surface area contributed by atoms with Gasteiger partial charge >= 0.3 is 0 Å². The van der Waals surface area contributed by atoms with Crippen LogP contribution in [0.5, 0.6) is 0 Å². The lowest BCUT2D eigenvalue weighted by atomic mass is 10.0. The zero-order chi connectivity index (χ0) is 8.27. The number of aliphatic hydroxyl groups is 1. The SMILES string of the molecule is C[C@H](CO)c1ccc(Cl)cc1. The molecule has 1 rings (SSSR count). The van der Waals surface area contributed by atoms with Crippen LogP contribution in [-0.4, -0.2) is 11.7 Å². The number of benzene rings is 1. The Hall–Kier alpha value is -0.530. The maximum Gasteiger partial charge on any atom is 0.0497 e. The van der Waals surface area contributed by atoms with Crippen LogP contribution < -0.4 is 0 Å². The molecule has 0 saturated carbocycles. The predicted molar refractivity (Wildman–Crippen MR) is 47.0 cm³/mol. The highest BCUT2D eigenvalue weighted by molar-refractivity contribution is 6.30. The standard InChI is InChI=1S/C9H11ClO/c1-7(6-11)8-2-4-9(10)5-3-8/h2-5,7,11H,6H2,1H3/t7-/m1/s1. The van der Waals surface area contributed by atoms with Gasteiger partial charge in [-0.2, -0.15) is 0 Å². The Bertz CT molecular complexity index is 218. The molecule has 0 aliphatic rings. The van der Waals surface area contributed by atoms with E-state index in [0.29, 0.717) is 0 Å². The van der Waals surface area contributed by atoms with E-state index >= 15 is 0 Å². The molecule has 1 aromatic rings. The van der Waals surface area contributed by atoms with Crippen LogP contribution in [0.2, 0.25) is 5.02 Å². The van der Waals surface area contributed by atoms with E-state index in [2.05, 4.69) is 0 Å². The number of hydrogen-bond acceptors (Lipinski definition) is 1. The van der Waals surface area contributed by atoms with Crippen LogP contribution in [0.3, 0.4) is 0 Å². The van der Waals surface area contributed by atoms with Crippen LogP contribution in [0.15, 0.2) is 24.3 Å². The second-order valence-corrected chi connectivity index (χ2v) is 3.07. The molecule has 0 saturated heterocycles. The van der Waals surface area contributed by atoms with E-state index in [4.69, 9.17) is 16.7 Å². The van der Waals surface area contributed by atoms with Crippen LogP contribution in [0.25, 0.3) is 0 Å². The maximum atomic E-state index is 8.82. The molecule has 0 heterocycles. The van der Waals surface area contributed by atoms with E-state index in [0.717, 1.165) is 10.6 Å². The summed E-state index contributed by atoms with van der Waals surface area (Å²) in [5, 5.41) is 9.56. The Labute approximate surface area is 71.6 Å². The van der Waals surface area contributed by atoms with Gasteiger partial charge in [-0.25, -0.2) is 0 Å². The molecule has 0 aliphatic heterocycles. The summed E-state index contributed by atoms with van der Waals surface area (Å²) in [6.45, 7) is 2.16. The Kier molecular flexibility index (Phi) is 2.92. The highest BCUT2D eigenvalue weighted by Crippen LogP contribution is 2.16. The molecule has 0 unspecified atom stereocenters. The molecule has 0 amide bonds. The zero-order valence-electron chi connectivity index (χ0n) is 6.42. The summed E-state index contributed by atoms with van der Waals surface area (Å²) in [6, 6.07) is 7.54. The third kappa shape index (κ3) is 2.21. The lowest BCUT2D eigenvalue weighted by Crippen LogP contribution is -1.97. The molecule has 0 spiro atoms. The van der Waals surface area contributed by atoms with Gasteiger partial charge in [-0.3, -0.25) is 0 Å². The van der Waals surface area contributed by atoms with Crippen molar-refractivity contribution in [2.24, 2.45) is 0 Å². The fourth-order valence-electron chi connectivity index (χ4n) is 0.897. The zero-order valence-corrected chi connectivity index (χ0v) is 7.17. The molecule has 1 N–H and O–H groups in total. The van der Waals surface area contributed by atoms with Gasteiger partial charge in [-0.1, -0.05) is 30.7 Å². The summed E-state index contributed by atoms with van der Waals surface area (Å²) in [7, 11) is 0. The Balaban J connectivity index is 2.81. The van der Waals surface area contributed by atoms with Gasteiger partial charge < -0.3 is 5.11 Å². The molecule has 0 bridgehead atoms. The van der Waals surface area contributed by atoms with E-state index in [1.54, 1.807) is 0 Å². The minimum atomic E-state index is 0.182. The van der Waals surface area contributed by atoms with Gasteiger partial charge in [-0.15, -0.1) is 0 Å². The molecule has 2 heteroatoms. The molecular weight excluding hydrogens is 160 g/mol. The fourth-order valence-corrected chi connectivity index (χ4v) is 1.02. The van der Waals surface area contributed by atoms with Crippen molar-refractivity contribution < 1.29 is 5.11 Å². The average Bonchev–Trinajstić information content (AvgIpc) is 2.05. The topological polar surface area (TPSA) is 20.2 Å². The van der Waals surface area contributed by atoms with Crippen LogP contribution in [0.1, 0.15) is 18.4 Å². The van der Waals surface area contributed by atoms with Gasteiger partial charge in [0.05, 0.1) is 0 Å². The van der Waals surface area contributed by atoms with Crippen LogP contribution in [-0.2, 0) is 0 Å². The smallest absolute Gasteiger partial charge is 0.0497 e. The van der Waals surface area contributed by atoms with Crippen molar-refractivity contribution in [3.8, 4) is 0 Å². The highest BCUT2D eigenvalue weighted by atomic mass is 35.5. The first kappa shape index (κ1) is 8.57. The monoisotopic (exact) mass is 170 g/mol. The van der Waals surface area contributed by atoms with Crippen LogP contribution in [0, 0.1) is 0 Å². The molecule has 1 atom stereocenters. The quantitative estimate of drug-likeness (QED) is 0.723. The Morgan fingerprint density at radius 2 is 1.91 bits per heavy atom. The fraction of sp³-hybridized carbons (Fsp3) is 0.333. The molecule has 11 heavy (non-hydrogen) atoms. The first-order chi connectivity index (χ1) is 5.24. The van der Waals surface area contributed by atoms with E-state index < -0.39 is 0 Å². The van der Waals surface area contributed by atoms with Gasteiger partial charge in [0.15, 0.2) is 0 Å². The lowest BCUT2D eigenvalue weighted by Gasteiger charge is -2.06. The first-order valence-electron chi connectivity index (χ1n) is 3.60. The number of hydrogen-bond donors (Lipinski definition) is 1. The van der Waals surface area contributed by atoms with E-state index in [1.807, 2.05) is 31.2 Å². The second kappa shape index (κ2) is 3.74. The summed E-state index contributed by atoms with van der Waals surface area (Å²) in [6.07, 6.45) is 0. The van der Waals surface area contributed by atoms with E-state index in [1.165, 1.54) is 0 Å². The molecule has 0 aromatic heterocycles. The molecule has 1 nitrogen and oxygen atoms in total. The first-order valence-corrected chi connectivity index (χ1v) is 3.98. The van der Waals surface area contributed by atoms with Crippen molar-refractivity contribution in [1.29, 1.82) is 0 Å². The number of rotatable bonds is 2. The van der Waals surface area contributed by atoms with Crippen molar-refractivity contribution in [2.75, 3.05) is 6.61 Å². The minimum Gasteiger partial charge on any atom is -0.396 e. The van der Waals surface area contributed by atoms with Gasteiger partial charge in [0.2, 0.25) is 0 Å². The summed E-state index contributed by atoms with van der Waals surface area (Å²) in [5.41, 5.74) is 1.12. The largest absolute Gasteiger partial charge is 0.396 e. The van der Waals surface area contributed by atoms with Gasteiger partial charge in [0, 0.05) is 17.5 Å². The van der Waals surface area contributed by atoms with E-state index in [9.17, 15) is 0 Å². The number of aliphatic hydroxyl groups excluding tert-OH is 1. The van der Waals surface area contributed by atoms with Crippen molar-refractivity contribution in [3.05, 3.63) is 34.9 Å². The molecule has 60 valence electrons. The average molecular weight is 171 g/mol. The van der Waals surface area contributed by atoms with Gasteiger partial charge in [-0.05, 0) is 17.7 Å². The highest BCUT2D eigenvalue weighted by Gasteiger charge is 2.01. The summed E-state index contributed by atoms with van der Waals surface area (Å²) < 4.78 is 0. The van der Waals surface area contributed by atoms with Crippen molar-refractivity contribution >= 4 is 11.6 Å². The van der Waals surface area contributed by atoms with Crippen molar-refractivity contribution in [2.45, 2.75) is 12.8 Å². The van der Waals surface area contributed by atoms with E-state index in [-0.39, 0.29) is 12.5 Å². The maximum absolute atomic E-state index is 8.82. The summed E-state index contributed by atoms with van der Waals surface area (Å²) >= 11 is 5.70. The molecule has 0 radical (unpaired) electrons. The normalized spacial score (nSPS) is 13.0. The number of halogens is 1. The molecule has 0 fully saturated rings. The third-order valence-corrected chi connectivity index (χ3v) is 1.96. The Morgan fingerprint density at radius 3 is 2.36 bits per heavy atom. The minimum absolute atomic E-state index is 0.182. The third-order valence-electron chi connectivity index (χ3n) is 1.71. The van der Waals surface area contributed by atoms with Gasteiger partial charge in [0.25, 0.3) is 0 Å². The van der Waals surface area contributed by atoms with Gasteiger partial charge in [0.1, 0.15) is 0 Å². The lowest BCUT2D eigenvalue weighted by molar-refractivity contribution is 0.273. The van der Waals surface area contributed by atoms with Crippen LogP contribution in [0.4, 0.5) is 0 Å². The van der Waals surface area contributed by atoms with Crippen molar-refractivity contribution in [1.82, 2.24) is 0 Å². The second-order valence-electron chi connectivity index (χ2n) is 2.64. The molecular formula is C9H11ClO. The summed E-state index contributed by atoms with van der Waals surface area (Å²) in [5.74, 6) is 0.201. The molecule has 0 aliphatic carbocycles.